The number of likely N-dealkylation sites (tertiary alicyclic amines) is 1. The third kappa shape index (κ3) is 4.28. The molecule has 3 aromatic rings. The van der Waals surface area contributed by atoms with Crippen LogP contribution >= 0.6 is 11.3 Å². The van der Waals surface area contributed by atoms with Crippen molar-refractivity contribution in [3.05, 3.63) is 59.1 Å². The molecule has 2 aromatic carbocycles. The van der Waals surface area contributed by atoms with Crippen molar-refractivity contribution in [1.82, 2.24) is 9.88 Å². The number of nitrogens with zero attached hydrogens (tertiary/aromatic N) is 2. The van der Waals surface area contributed by atoms with Gasteiger partial charge in [0.15, 0.2) is 0 Å². The SMILES string of the molecule is O=C(COCc1nc2ccccc2s1)N1CCC(c2ccc(O)cc2)CC1. The van der Waals surface area contributed by atoms with E-state index in [-0.39, 0.29) is 18.3 Å². The van der Waals surface area contributed by atoms with E-state index in [0.29, 0.717) is 12.5 Å². The van der Waals surface area contributed by atoms with E-state index in [1.807, 2.05) is 41.3 Å². The number of aromatic hydroxyl groups is 1. The lowest BCUT2D eigenvalue weighted by Gasteiger charge is -2.32. The van der Waals surface area contributed by atoms with E-state index in [9.17, 15) is 9.90 Å². The molecule has 1 aliphatic heterocycles. The highest BCUT2D eigenvalue weighted by molar-refractivity contribution is 7.18. The van der Waals surface area contributed by atoms with Gasteiger partial charge in [-0.25, -0.2) is 4.98 Å². The van der Waals surface area contributed by atoms with Crippen molar-refractivity contribution < 1.29 is 14.6 Å². The van der Waals surface area contributed by atoms with Crippen LogP contribution < -0.4 is 0 Å². The first-order valence-corrected chi connectivity index (χ1v) is 9.99. The number of thiazole rings is 1. The Balaban J connectivity index is 1.24. The zero-order valence-electron chi connectivity index (χ0n) is 15.0. The molecule has 140 valence electrons. The molecule has 0 atom stereocenters. The molecule has 0 spiro atoms. The van der Waals surface area contributed by atoms with Crippen LogP contribution in [0.15, 0.2) is 48.5 Å². The number of fused-ring (bicyclic) bond motifs is 1. The Morgan fingerprint density at radius 1 is 1.15 bits per heavy atom. The number of carbonyl (C=O) groups excluding carboxylic acids is 1. The molecule has 0 saturated carbocycles. The minimum atomic E-state index is 0.0419. The Bertz CT molecular complexity index is 882. The molecule has 1 saturated heterocycles. The van der Waals surface area contributed by atoms with Gasteiger partial charge in [-0.1, -0.05) is 24.3 Å². The molecule has 5 nitrogen and oxygen atoms in total. The molecule has 1 fully saturated rings. The van der Waals surface area contributed by atoms with Crippen LogP contribution in [0, 0.1) is 0 Å². The molecule has 2 heterocycles. The maximum Gasteiger partial charge on any atom is 0.248 e. The summed E-state index contributed by atoms with van der Waals surface area (Å²) >= 11 is 1.60. The van der Waals surface area contributed by atoms with Gasteiger partial charge in [-0.15, -0.1) is 11.3 Å². The minimum absolute atomic E-state index is 0.0419. The molecule has 27 heavy (non-hydrogen) atoms. The number of piperidine rings is 1. The van der Waals surface area contributed by atoms with Crippen molar-refractivity contribution in [2.75, 3.05) is 19.7 Å². The van der Waals surface area contributed by atoms with E-state index in [2.05, 4.69) is 4.98 Å². The summed E-state index contributed by atoms with van der Waals surface area (Å²) in [6, 6.07) is 15.4. The zero-order valence-corrected chi connectivity index (χ0v) is 15.8. The third-order valence-corrected chi connectivity index (χ3v) is 6.01. The monoisotopic (exact) mass is 382 g/mol. The molecule has 1 aliphatic rings. The van der Waals surface area contributed by atoms with Gasteiger partial charge in [0, 0.05) is 13.1 Å². The fraction of sp³-hybridized carbons (Fsp3) is 0.333. The number of benzene rings is 2. The van der Waals surface area contributed by atoms with Crippen LogP contribution in [0.1, 0.15) is 29.3 Å². The van der Waals surface area contributed by atoms with E-state index in [1.165, 1.54) is 5.56 Å². The van der Waals surface area contributed by atoms with Gasteiger partial charge >= 0.3 is 0 Å². The molecule has 4 rings (SSSR count). The average Bonchev–Trinajstić information content (AvgIpc) is 3.11. The number of para-hydroxylation sites is 1. The first-order chi connectivity index (χ1) is 13.2. The van der Waals surface area contributed by atoms with Crippen molar-refractivity contribution in [2.24, 2.45) is 0 Å². The van der Waals surface area contributed by atoms with Crippen LogP contribution in [0.4, 0.5) is 0 Å². The molecule has 1 aromatic heterocycles. The molecule has 6 heteroatoms. The summed E-state index contributed by atoms with van der Waals surface area (Å²) in [6.45, 7) is 1.96. The molecule has 0 aliphatic carbocycles. The van der Waals surface area contributed by atoms with Crippen molar-refractivity contribution in [2.45, 2.75) is 25.4 Å². The van der Waals surface area contributed by atoms with Crippen LogP contribution in [0.3, 0.4) is 0 Å². The van der Waals surface area contributed by atoms with E-state index < -0.39 is 0 Å². The smallest absolute Gasteiger partial charge is 0.248 e. The summed E-state index contributed by atoms with van der Waals surface area (Å²) in [5, 5.41) is 10.3. The highest BCUT2D eigenvalue weighted by atomic mass is 32.1. The van der Waals surface area contributed by atoms with Gasteiger partial charge in [0.1, 0.15) is 17.4 Å². The van der Waals surface area contributed by atoms with Crippen LogP contribution in [-0.4, -0.2) is 40.6 Å². The largest absolute Gasteiger partial charge is 0.508 e. The van der Waals surface area contributed by atoms with Crippen LogP contribution in [-0.2, 0) is 16.1 Å². The van der Waals surface area contributed by atoms with Gasteiger partial charge < -0.3 is 14.7 Å². The van der Waals surface area contributed by atoms with E-state index in [1.54, 1.807) is 23.5 Å². The first kappa shape index (κ1) is 17.9. The highest BCUT2D eigenvalue weighted by Gasteiger charge is 2.23. The molecule has 1 amide bonds. The van der Waals surface area contributed by atoms with Gasteiger partial charge in [-0.2, -0.15) is 0 Å². The van der Waals surface area contributed by atoms with Crippen molar-refractivity contribution in [3.8, 4) is 5.75 Å². The zero-order chi connectivity index (χ0) is 18.6. The van der Waals surface area contributed by atoms with Gasteiger partial charge in [0.05, 0.1) is 16.8 Å². The second-order valence-corrected chi connectivity index (χ2v) is 7.93. The van der Waals surface area contributed by atoms with Crippen molar-refractivity contribution >= 4 is 27.5 Å². The maximum atomic E-state index is 12.4. The number of hydrogen-bond donors (Lipinski definition) is 1. The van der Waals surface area contributed by atoms with Gasteiger partial charge in [0.2, 0.25) is 5.91 Å². The number of ether oxygens (including phenoxy) is 1. The number of phenolic OH excluding ortho intramolecular Hbond substituents is 1. The normalized spacial score (nSPS) is 15.3. The van der Waals surface area contributed by atoms with E-state index >= 15 is 0 Å². The number of amides is 1. The summed E-state index contributed by atoms with van der Waals surface area (Å²) in [4.78, 5) is 18.8. The van der Waals surface area contributed by atoms with Crippen molar-refractivity contribution in [3.63, 3.8) is 0 Å². The Labute approximate surface area is 162 Å². The number of rotatable bonds is 5. The molecular formula is C21H22N2O3S. The summed E-state index contributed by atoms with van der Waals surface area (Å²) in [5.41, 5.74) is 2.20. The first-order valence-electron chi connectivity index (χ1n) is 9.18. The predicted molar refractivity (Wildman–Crippen MR) is 106 cm³/mol. The number of hydrogen-bond acceptors (Lipinski definition) is 5. The average molecular weight is 382 g/mol. The summed E-state index contributed by atoms with van der Waals surface area (Å²) in [7, 11) is 0. The number of carbonyl (C=O) groups is 1. The minimum Gasteiger partial charge on any atom is -0.508 e. The summed E-state index contributed by atoms with van der Waals surface area (Å²) in [5.74, 6) is 0.773. The molecule has 0 unspecified atom stereocenters. The third-order valence-electron chi connectivity index (χ3n) is 5.00. The van der Waals surface area contributed by atoms with Crippen LogP contribution in [0.25, 0.3) is 10.2 Å². The van der Waals surface area contributed by atoms with Crippen LogP contribution in [0.2, 0.25) is 0 Å². The Morgan fingerprint density at radius 2 is 1.89 bits per heavy atom. The lowest BCUT2D eigenvalue weighted by Crippen LogP contribution is -2.39. The number of aromatic nitrogens is 1. The molecular weight excluding hydrogens is 360 g/mol. The van der Waals surface area contributed by atoms with Crippen LogP contribution in [0.5, 0.6) is 5.75 Å². The molecule has 0 bridgehead atoms. The Hall–Kier alpha value is -2.44. The quantitative estimate of drug-likeness (QED) is 0.726. The maximum absolute atomic E-state index is 12.4. The van der Waals surface area contributed by atoms with Gasteiger partial charge in [0.25, 0.3) is 0 Å². The van der Waals surface area contributed by atoms with E-state index in [4.69, 9.17) is 4.74 Å². The lowest BCUT2D eigenvalue weighted by molar-refractivity contribution is -0.137. The topological polar surface area (TPSA) is 62.7 Å². The number of phenols is 1. The highest BCUT2D eigenvalue weighted by Crippen LogP contribution is 2.29. The summed E-state index contributed by atoms with van der Waals surface area (Å²) < 4.78 is 6.76. The standard InChI is InChI=1S/C21H22N2O3S/c24-17-7-5-15(6-8-17)16-9-11-23(12-10-16)21(25)14-26-13-20-22-18-3-1-2-4-19(18)27-20/h1-8,16,24H,9-14H2. The molecule has 1 N–H and O–H groups in total. The fourth-order valence-corrected chi connectivity index (χ4v) is 4.41. The summed E-state index contributed by atoms with van der Waals surface area (Å²) in [6.07, 6.45) is 1.88. The van der Waals surface area contributed by atoms with E-state index in [0.717, 1.165) is 41.2 Å². The Kier molecular flexibility index (Phi) is 5.36. The second-order valence-electron chi connectivity index (χ2n) is 6.81. The van der Waals surface area contributed by atoms with Crippen molar-refractivity contribution in [1.29, 1.82) is 0 Å². The van der Waals surface area contributed by atoms with Gasteiger partial charge in [-0.05, 0) is 48.6 Å². The second kappa shape index (κ2) is 8.06. The molecule has 0 radical (unpaired) electrons. The predicted octanol–water partition coefficient (Wildman–Crippen LogP) is 3.92. The fourth-order valence-electron chi connectivity index (χ4n) is 3.51. The lowest BCUT2D eigenvalue weighted by atomic mass is 9.89. The Morgan fingerprint density at radius 3 is 2.63 bits per heavy atom. The van der Waals surface area contributed by atoms with Gasteiger partial charge in [-0.3, -0.25) is 4.79 Å².